The number of anilines is 1. The highest BCUT2D eigenvalue weighted by Gasteiger charge is 2.31. The minimum Gasteiger partial charge on any atom is -0.396 e. The molecule has 1 aliphatic rings. The van der Waals surface area contributed by atoms with Crippen LogP contribution >= 0.6 is 11.8 Å². The Morgan fingerprint density at radius 3 is 2.57 bits per heavy atom. The molecule has 3 N–H and O–H groups in total. The molecule has 2 rings (SSSR count). The zero-order valence-corrected chi connectivity index (χ0v) is 12.9. The Labute approximate surface area is 127 Å². The highest BCUT2D eigenvalue weighted by Crippen LogP contribution is 2.38. The van der Waals surface area contributed by atoms with Gasteiger partial charge in [0, 0.05) is 17.4 Å². The van der Waals surface area contributed by atoms with Crippen LogP contribution in [-0.2, 0) is 0 Å². The van der Waals surface area contributed by atoms with E-state index in [2.05, 4.69) is 5.32 Å². The number of benzene rings is 1. The van der Waals surface area contributed by atoms with E-state index in [1.165, 1.54) is 6.42 Å². The number of nitrogen functional groups attached to an aromatic ring is 1. The van der Waals surface area contributed by atoms with E-state index < -0.39 is 17.5 Å². The van der Waals surface area contributed by atoms with Gasteiger partial charge in [0.1, 0.15) is 11.6 Å². The summed E-state index contributed by atoms with van der Waals surface area (Å²) in [5, 5.41) is 2.77. The first-order valence-electron chi connectivity index (χ1n) is 7.05. The number of hydrogen-bond acceptors (Lipinski definition) is 3. The van der Waals surface area contributed by atoms with E-state index in [0.29, 0.717) is 12.6 Å². The van der Waals surface area contributed by atoms with Gasteiger partial charge >= 0.3 is 0 Å². The summed E-state index contributed by atoms with van der Waals surface area (Å²) in [5.41, 5.74) is 4.96. The van der Waals surface area contributed by atoms with Gasteiger partial charge in [-0.15, -0.1) is 0 Å². The second kappa shape index (κ2) is 6.64. The Hall–Kier alpha value is -1.30. The molecule has 0 radical (unpaired) electrons. The highest BCUT2D eigenvalue weighted by atomic mass is 32.2. The minimum atomic E-state index is -0.888. The number of rotatable bonds is 4. The molecule has 0 aliphatic heterocycles. The van der Waals surface area contributed by atoms with Gasteiger partial charge in [0.2, 0.25) is 0 Å². The average molecular weight is 314 g/mol. The van der Waals surface area contributed by atoms with Crippen molar-refractivity contribution in [1.82, 2.24) is 5.32 Å². The van der Waals surface area contributed by atoms with Gasteiger partial charge < -0.3 is 11.1 Å². The van der Waals surface area contributed by atoms with E-state index in [4.69, 9.17) is 5.73 Å². The predicted octanol–water partition coefficient (Wildman–Crippen LogP) is 3.34. The van der Waals surface area contributed by atoms with E-state index in [9.17, 15) is 13.6 Å². The molecule has 3 nitrogen and oxygen atoms in total. The number of nitrogens with two attached hydrogens (primary N) is 1. The smallest absolute Gasteiger partial charge is 0.254 e. The van der Waals surface area contributed by atoms with Crippen molar-refractivity contribution in [1.29, 1.82) is 0 Å². The van der Waals surface area contributed by atoms with Gasteiger partial charge in [-0.1, -0.05) is 19.3 Å². The van der Waals surface area contributed by atoms with Crippen LogP contribution in [0.2, 0.25) is 0 Å². The normalized spacial score (nSPS) is 17.5. The van der Waals surface area contributed by atoms with Gasteiger partial charge in [-0.3, -0.25) is 4.79 Å². The first kappa shape index (κ1) is 16.1. The van der Waals surface area contributed by atoms with E-state index in [1.807, 2.05) is 6.26 Å². The fourth-order valence-electron chi connectivity index (χ4n) is 2.73. The number of carbonyl (C=O) groups is 1. The van der Waals surface area contributed by atoms with Crippen LogP contribution in [0.4, 0.5) is 14.5 Å². The summed E-state index contributed by atoms with van der Waals surface area (Å²) < 4.78 is 26.8. The quantitative estimate of drug-likeness (QED) is 0.838. The molecular formula is C15H20F2N2OS. The van der Waals surface area contributed by atoms with Crippen molar-refractivity contribution in [3.8, 4) is 0 Å². The molecule has 0 bridgehead atoms. The Morgan fingerprint density at radius 1 is 1.29 bits per heavy atom. The maximum absolute atomic E-state index is 13.7. The summed E-state index contributed by atoms with van der Waals surface area (Å²) in [6.45, 7) is 0.490. The molecule has 0 atom stereocenters. The molecule has 0 saturated heterocycles. The lowest BCUT2D eigenvalue weighted by Gasteiger charge is -2.35. The zero-order chi connectivity index (χ0) is 15.5. The SMILES string of the molecule is CSC1(CNC(=O)c2cc(N)c(F)cc2F)CCCCC1. The first-order valence-corrected chi connectivity index (χ1v) is 8.28. The monoisotopic (exact) mass is 314 g/mol. The van der Waals surface area contributed by atoms with Gasteiger partial charge in [-0.25, -0.2) is 8.78 Å². The molecule has 1 aliphatic carbocycles. The molecule has 1 aromatic carbocycles. The third-order valence-electron chi connectivity index (χ3n) is 4.10. The molecule has 0 aromatic heterocycles. The maximum atomic E-state index is 13.7. The van der Waals surface area contributed by atoms with Gasteiger partial charge in [0.15, 0.2) is 0 Å². The average Bonchev–Trinajstić information content (AvgIpc) is 2.49. The van der Waals surface area contributed by atoms with Crippen LogP contribution in [0.15, 0.2) is 12.1 Å². The number of amides is 1. The van der Waals surface area contributed by atoms with Crippen LogP contribution in [0.25, 0.3) is 0 Å². The van der Waals surface area contributed by atoms with Gasteiger partial charge in [0.05, 0.1) is 11.3 Å². The number of thioether (sulfide) groups is 1. The minimum absolute atomic E-state index is 0.0238. The van der Waals surface area contributed by atoms with Crippen LogP contribution in [0, 0.1) is 11.6 Å². The molecule has 1 amide bonds. The second-order valence-electron chi connectivity index (χ2n) is 5.48. The van der Waals surface area contributed by atoms with Crippen LogP contribution in [0.1, 0.15) is 42.5 Å². The van der Waals surface area contributed by atoms with Crippen LogP contribution < -0.4 is 11.1 Å². The van der Waals surface area contributed by atoms with Gasteiger partial charge in [-0.05, 0) is 25.2 Å². The molecule has 1 aromatic rings. The summed E-state index contributed by atoms with van der Waals surface area (Å²) in [7, 11) is 0. The molecular weight excluding hydrogens is 294 g/mol. The van der Waals surface area contributed by atoms with Crippen molar-refractivity contribution < 1.29 is 13.6 Å². The van der Waals surface area contributed by atoms with Crippen molar-refractivity contribution in [2.24, 2.45) is 0 Å². The fraction of sp³-hybridized carbons (Fsp3) is 0.533. The zero-order valence-electron chi connectivity index (χ0n) is 12.0. The molecule has 21 heavy (non-hydrogen) atoms. The largest absolute Gasteiger partial charge is 0.396 e. The van der Waals surface area contributed by atoms with Crippen molar-refractivity contribution >= 4 is 23.4 Å². The molecule has 1 saturated carbocycles. The summed E-state index contributed by atoms with van der Waals surface area (Å²) in [5.74, 6) is -2.28. The fourth-order valence-corrected chi connectivity index (χ4v) is 3.64. The van der Waals surface area contributed by atoms with Crippen molar-refractivity contribution in [3.63, 3.8) is 0 Å². The van der Waals surface area contributed by atoms with E-state index in [0.717, 1.165) is 31.7 Å². The third-order valence-corrected chi connectivity index (χ3v) is 5.52. The highest BCUT2D eigenvalue weighted by molar-refractivity contribution is 8.00. The first-order chi connectivity index (χ1) is 9.97. The molecule has 1 fully saturated rings. The predicted molar refractivity (Wildman–Crippen MR) is 82.4 cm³/mol. The number of halogens is 2. The lowest BCUT2D eigenvalue weighted by molar-refractivity contribution is 0.0943. The van der Waals surface area contributed by atoms with Crippen LogP contribution in [-0.4, -0.2) is 23.5 Å². The van der Waals surface area contributed by atoms with E-state index in [1.54, 1.807) is 11.8 Å². The lowest BCUT2D eigenvalue weighted by atomic mass is 9.88. The van der Waals surface area contributed by atoms with Crippen molar-refractivity contribution in [3.05, 3.63) is 29.3 Å². The van der Waals surface area contributed by atoms with E-state index >= 15 is 0 Å². The summed E-state index contributed by atoms with van der Waals surface area (Å²) in [4.78, 5) is 12.1. The van der Waals surface area contributed by atoms with Gasteiger partial charge in [0.25, 0.3) is 5.91 Å². The van der Waals surface area contributed by atoms with E-state index in [-0.39, 0.29) is 16.0 Å². The molecule has 0 spiro atoms. The second-order valence-corrected chi connectivity index (χ2v) is 6.76. The maximum Gasteiger partial charge on any atom is 0.254 e. The number of carbonyl (C=O) groups excluding carboxylic acids is 1. The summed E-state index contributed by atoms with van der Waals surface area (Å²) in [6, 6.07) is 1.70. The Morgan fingerprint density at radius 2 is 1.95 bits per heavy atom. The molecule has 6 heteroatoms. The van der Waals surface area contributed by atoms with Crippen molar-refractivity contribution in [2.75, 3.05) is 18.5 Å². The molecule has 0 heterocycles. The number of hydrogen-bond donors (Lipinski definition) is 2. The Kier molecular flexibility index (Phi) is 5.08. The Balaban J connectivity index is 2.06. The third kappa shape index (κ3) is 3.67. The molecule has 116 valence electrons. The van der Waals surface area contributed by atoms with Gasteiger partial charge in [-0.2, -0.15) is 11.8 Å². The summed E-state index contributed by atoms with van der Waals surface area (Å²) in [6.07, 6.45) is 7.64. The van der Waals surface area contributed by atoms with Crippen molar-refractivity contribution in [2.45, 2.75) is 36.9 Å². The molecule has 0 unspecified atom stereocenters. The summed E-state index contributed by atoms with van der Waals surface area (Å²) >= 11 is 1.75. The Bertz CT molecular complexity index is 531. The van der Waals surface area contributed by atoms with Crippen LogP contribution in [0.3, 0.4) is 0 Å². The standard InChI is InChI=1S/C15H20F2N2OS/c1-21-15(5-3-2-4-6-15)9-19-14(20)10-7-13(18)12(17)8-11(10)16/h7-8H,2-6,9,18H2,1H3,(H,19,20). The lowest BCUT2D eigenvalue weighted by Crippen LogP contribution is -2.42. The van der Waals surface area contributed by atoms with Crippen LogP contribution in [0.5, 0.6) is 0 Å². The number of nitrogens with one attached hydrogen (secondary N) is 1. The topological polar surface area (TPSA) is 55.1 Å².